The zero-order valence-electron chi connectivity index (χ0n) is 11.7. The van der Waals surface area contributed by atoms with Crippen LogP contribution in [0.25, 0.3) is 0 Å². The van der Waals surface area contributed by atoms with E-state index in [1.165, 1.54) is 12.8 Å². The first kappa shape index (κ1) is 16.3. The summed E-state index contributed by atoms with van der Waals surface area (Å²) in [6.45, 7) is 3.13. The molecule has 2 N–H and O–H groups in total. The predicted molar refractivity (Wildman–Crippen MR) is 76.9 cm³/mol. The lowest BCUT2D eigenvalue weighted by Crippen LogP contribution is -2.28. The van der Waals surface area contributed by atoms with Gasteiger partial charge in [-0.3, -0.25) is 9.89 Å². The maximum atomic E-state index is 12.0. The third-order valence-corrected chi connectivity index (χ3v) is 4.58. The van der Waals surface area contributed by atoms with Crippen molar-refractivity contribution in [1.82, 2.24) is 15.5 Å². The fraction of sp³-hybridized carbons (Fsp3) is 0.667. The minimum atomic E-state index is -4.03. The highest BCUT2D eigenvalue weighted by molar-refractivity contribution is 8.13. The lowest BCUT2D eigenvalue weighted by Gasteiger charge is -2.05. The quantitative estimate of drug-likeness (QED) is 0.546. The Labute approximate surface area is 127 Å². The van der Waals surface area contributed by atoms with Crippen LogP contribution in [0.4, 0.5) is 0 Å². The Bertz CT molecular complexity index is 610. The van der Waals surface area contributed by atoms with Crippen LogP contribution < -0.4 is 5.32 Å². The van der Waals surface area contributed by atoms with Crippen molar-refractivity contribution >= 4 is 25.6 Å². The van der Waals surface area contributed by atoms with Gasteiger partial charge in [0.05, 0.1) is 12.3 Å². The van der Waals surface area contributed by atoms with Gasteiger partial charge in [-0.05, 0) is 25.2 Å². The highest BCUT2D eigenvalue weighted by Crippen LogP contribution is 2.28. The van der Waals surface area contributed by atoms with E-state index in [4.69, 9.17) is 15.4 Å². The average molecular weight is 336 g/mol. The van der Waals surface area contributed by atoms with Gasteiger partial charge < -0.3 is 10.1 Å². The van der Waals surface area contributed by atoms with Crippen LogP contribution in [0.5, 0.6) is 0 Å². The number of ether oxygens (including phenoxy) is 1. The first-order chi connectivity index (χ1) is 9.93. The molecular weight excluding hydrogens is 318 g/mol. The second-order valence-corrected chi connectivity index (χ2v) is 7.45. The minimum Gasteiger partial charge on any atom is -0.379 e. The number of carbonyl (C=O) groups is 1. The molecule has 1 aliphatic carbocycles. The van der Waals surface area contributed by atoms with Crippen molar-refractivity contribution in [3.63, 3.8) is 0 Å². The third-order valence-electron chi connectivity index (χ3n) is 3.19. The summed E-state index contributed by atoms with van der Waals surface area (Å²) in [5, 5.41) is 8.85. The third kappa shape index (κ3) is 4.42. The summed E-state index contributed by atoms with van der Waals surface area (Å²) in [4.78, 5) is 11.7. The Morgan fingerprint density at radius 1 is 1.52 bits per heavy atom. The standard InChI is InChI=1S/C12H18ClN3O4S/c1-2-9-11(21(13,18)19)10(16-15-9)12(17)14-5-6-20-7-8-3-4-8/h8H,2-7H2,1H3,(H,14,17)(H,15,16). The Balaban J connectivity index is 1.93. The zero-order chi connectivity index (χ0) is 15.5. The molecule has 118 valence electrons. The number of carbonyl (C=O) groups excluding carboxylic acids is 1. The molecule has 0 aliphatic heterocycles. The molecule has 0 bridgehead atoms. The van der Waals surface area contributed by atoms with Crippen molar-refractivity contribution < 1.29 is 17.9 Å². The predicted octanol–water partition coefficient (Wildman–Crippen LogP) is 1.06. The van der Waals surface area contributed by atoms with Crippen LogP contribution in [-0.4, -0.2) is 44.3 Å². The number of aryl methyl sites for hydroxylation is 1. The van der Waals surface area contributed by atoms with Crippen LogP contribution in [0.2, 0.25) is 0 Å². The van der Waals surface area contributed by atoms with Crippen LogP contribution in [0.15, 0.2) is 4.90 Å². The molecule has 0 radical (unpaired) electrons. The number of nitrogens with one attached hydrogen (secondary N) is 2. The molecule has 0 aromatic carbocycles. The number of halogens is 1. The summed E-state index contributed by atoms with van der Waals surface area (Å²) in [7, 11) is 1.34. The summed E-state index contributed by atoms with van der Waals surface area (Å²) < 4.78 is 28.5. The molecule has 1 aliphatic rings. The molecule has 1 aromatic rings. The Kier molecular flexibility index (Phi) is 5.23. The van der Waals surface area contributed by atoms with E-state index in [-0.39, 0.29) is 10.6 Å². The number of rotatable bonds is 8. The van der Waals surface area contributed by atoms with Gasteiger partial charge in [0.25, 0.3) is 15.0 Å². The fourth-order valence-corrected chi connectivity index (χ4v) is 3.23. The molecule has 0 saturated heterocycles. The van der Waals surface area contributed by atoms with Gasteiger partial charge in [0.1, 0.15) is 4.90 Å². The molecule has 0 unspecified atom stereocenters. The monoisotopic (exact) mass is 335 g/mol. The van der Waals surface area contributed by atoms with Gasteiger partial charge in [-0.25, -0.2) is 8.42 Å². The van der Waals surface area contributed by atoms with E-state index in [9.17, 15) is 13.2 Å². The van der Waals surface area contributed by atoms with Crippen LogP contribution in [-0.2, 0) is 20.2 Å². The summed E-state index contributed by atoms with van der Waals surface area (Å²) in [5.74, 6) is 0.0762. The number of hydrogen-bond donors (Lipinski definition) is 2. The van der Waals surface area contributed by atoms with Gasteiger partial charge >= 0.3 is 0 Å². The van der Waals surface area contributed by atoms with E-state index in [2.05, 4.69) is 15.5 Å². The molecule has 0 atom stereocenters. The second-order valence-electron chi connectivity index (χ2n) is 4.95. The molecule has 0 spiro atoms. The van der Waals surface area contributed by atoms with Gasteiger partial charge in [0.2, 0.25) is 0 Å². The number of aromatic amines is 1. The van der Waals surface area contributed by atoms with Crippen molar-refractivity contribution in [1.29, 1.82) is 0 Å². The topological polar surface area (TPSA) is 101 Å². The molecule has 7 nitrogen and oxygen atoms in total. The van der Waals surface area contributed by atoms with Gasteiger partial charge in [-0.1, -0.05) is 6.92 Å². The first-order valence-corrected chi connectivity index (χ1v) is 9.12. The lowest BCUT2D eigenvalue weighted by molar-refractivity contribution is 0.0899. The highest BCUT2D eigenvalue weighted by Gasteiger charge is 2.27. The van der Waals surface area contributed by atoms with Gasteiger partial charge in [-0.2, -0.15) is 5.10 Å². The molecule has 1 aromatic heterocycles. The maximum Gasteiger partial charge on any atom is 0.273 e. The molecule has 1 heterocycles. The van der Waals surface area contributed by atoms with Crippen LogP contribution in [0.1, 0.15) is 35.9 Å². The highest BCUT2D eigenvalue weighted by atomic mass is 35.7. The van der Waals surface area contributed by atoms with Crippen molar-refractivity contribution in [2.45, 2.75) is 31.1 Å². The normalized spacial score (nSPS) is 15.1. The maximum absolute atomic E-state index is 12.0. The van der Waals surface area contributed by atoms with Crippen molar-refractivity contribution in [3.8, 4) is 0 Å². The Hall–Kier alpha value is -1.12. The lowest BCUT2D eigenvalue weighted by atomic mass is 10.3. The van der Waals surface area contributed by atoms with Crippen molar-refractivity contribution in [2.24, 2.45) is 5.92 Å². The summed E-state index contributed by atoms with van der Waals surface area (Å²) in [5.41, 5.74) is 0.115. The van der Waals surface area contributed by atoms with E-state index in [1.807, 2.05) is 0 Å². The molecule has 1 fully saturated rings. The number of hydrogen-bond acceptors (Lipinski definition) is 5. The van der Waals surface area contributed by atoms with Crippen LogP contribution in [0, 0.1) is 5.92 Å². The summed E-state index contributed by atoms with van der Waals surface area (Å²) in [6.07, 6.45) is 2.79. The first-order valence-electron chi connectivity index (χ1n) is 6.81. The largest absolute Gasteiger partial charge is 0.379 e. The van der Waals surface area contributed by atoms with Crippen LogP contribution in [0.3, 0.4) is 0 Å². The zero-order valence-corrected chi connectivity index (χ0v) is 13.3. The molecule has 9 heteroatoms. The molecule has 21 heavy (non-hydrogen) atoms. The number of aromatic nitrogens is 2. The second kappa shape index (κ2) is 6.76. The van der Waals surface area contributed by atoms with Crippen molar-refractivity contribution in [3.05, 3.63) is 11.4 Å². The summed E-state index contributed by atoms with van der Waals surface area (Å²) in [6, 6.07) is 0. The molecule has 1 amide bonds. The van der Waals surface area contributed by atoms with E-state index in [1.54, 1.807) is 6.92 Å². The number of amides is 1. The minimum absolute atomic E-state index is 0.205. The molecular formula is C12H18ClN3O4S. The van der Waals surface area contributed by atoms with Gasteiger partial charge in [0.15, 0.2) is 5.69 Å². The number of nitrogens with zero attached hydrogens (tertiary/aromatic N) is 1. The fourth-order valence-electron chi connectivity index (χ4n) is 1.88. The van der Waals surface area contributed by atoms with Crippen LogP contribution >= 0.6 is 10.7 Å². The Morgan fingerprint density at radius 2 is 2.24 bits per heavy atom. The number of H-pyrrole nitrogens is 1. The Morgan fingerprint density at radius 3 is 2.81 bits per heavy atom. The smallest absolute Gasteiger partial charge is 0.273 e. The molecule has 1 saturated carbocycles. The van der Waals surface area contributed by atoms with E-state index in [0.29, 0.717) is 37.8 Å². The van der Waals surface area contributed by atoms with E-state index in [0.717, 1.165) is 0 Å². The van der Waals surface area contributed by atoms with Gasteiger partial charge in [-0.15, -0.1) is 0 Å². The van der Waals surface area contributed by atoms with Crippen molar-refractivity contribution in [2.75, 3.05) is 19.8 Å². The van der Waals surface area contributed by atoms with E-state index < -0.39 is 15.0 Å². The molecule has 2 rings (SSSR count). The SMILES string of the molecule is CCc1[nH]nc(C(=O)NCCOCC2CC2)c1S(=O)(=O)Cl. The van der Waals surface area contributed by atoms with Gasteiger partial charge in [0, 0.05) is 23.8 Å². The van der Waals surface area contributed by atoms with E-state index >= 15 is 0 Å². The summed E-state index contributed by atoms with van der Waals surface area (Å²) >= 11 is 0. The average Bonchev–Trinajstić information content (AvgIpc) is 3.12.